The second-order valence-electron chi connectivity index (χ2n) is 3.73. The molecular weight excluding hydrogens is 241 g/mol. The maximum Gasteiger partial charge on any atom is 0.417 e. The van der Waals surface area contributed by atoms with Gasteiger partial charge in [-0.1, -0.05) is 17.7 Å². The molecular formula is C11H8ClF3O. The van der Waals surface area contributed by atoms with Gasteiger partial charge >= 0.3 is 6.18 Å². The molecule has 5 heteroatoms. The summed E-state index contributed by atoms with van der Waals surface area (Å²) in [5.74, 6) is -0.128. The van der Waals surface area contributed by atoms with Crippen molar-refractivity contribution in [2.24, 2.45) is 0 Å². The average Bonchev–Trinajstić information content (AvgIpc) is 2.18. The summed E-state index contributed by atoms with van der Waals surface area (Å²) < 4.78 is 37.6. The smallest absolute Gasteiger partial charge is 0.294 e. The molecule has 1 aromatic rings. The van der Waals surface area contributed by atoms with Crippen LogP contribution in [0.1, 0.15) is 34.3 Å². The number of Topliss-reactive ketones (excluding diaryl/α,β-unsaturated/α-hetero) is 1. The van der Waals surface area contributed by atoms with Gasteiger partial charge in [-0.3, -0.25) is 4.79 Å². The largest absolute Gasteiger partial charge is 0.417 e. The second kappa shape index (κ2) is 3.77. The first kappa shape index (κ1) is 11.5. The summed E-state index contributed by atoms with van der Waals surface area (Å²) >= 11 is 5.70. The summed E-state index contributed by atoms with van der Waals surface area (Å²) in [7, 11) is 0. The maximum absolute atomic E-state index is 12.5. The van der Waals surface area contributed by atoms with Crippen LogP contribution >= 0.6 is 11.6 Å². The van der Waals surface area contributed by atoms with Crippen LogP contribution in [0.25, 0.3) is 0 Å². The lowest BCUT2D eigenvalue weighted by Crippen LogP contribution is -2.15. The van der Waals surface area contributed by atoms with E-state index >= 15 is 0 Å². The zero-order valence-corrected chi connectivity index (χ0v) is 8.95. The van der Waals surface area contributed by atoms with Crippen molar-refractivity contribution in [1.29, 1.82) is 0 Å². The predicted octanol–water partition coefficient (Wildman–Crippen LogP) is 3.88. The summed E-state index contributed by atoms with van der Waals surface area (Å²) in [6.07, 6.45) is -3.09. The van der Waals surface area contributed by atoms with E-state index in [-0.39, 0.29) is 10.8 Å². The number of hydrogen-bond acceptors (Lipinski definition) is 1. The molecule has 1 nitrogen and oxygen atoms in total. The number of hydrogen-bond donors (Lipinski definition) is 0. The van der Waals surface area contributed by atoms with E-state index in [2.05, 4.69) is 0 Å². The predicted molar refractivity (Wildman–Crippen MR) is 53.7 cm³/mol. The molecule has 0 amide bonds. The minimum atomic E-state index is -4.47. The van der Waals surface area contributed by atoms with Gasteiger partial charge in [0.15, 0.2) is 5.78 Å². The number of rotatable bonds is 0. The Morgan fingerprint density at radius 2 is 1.88 bits per heavy atom. The molecule has 1 aliphatic rings. The first-order valence-corrected chi connectivity index (χ1v) is 5.21. The highest BCUT2D eigenvalue weighted by atomic mass is 35.5. The number of benzene rings is 1. The lowest BCUT2D eigenvalue weighted by atomic mass is 9.89. The molecule has 1 aliphatic carbocycles. The summed E-state index contributed by atoms with van der Waals surface area (Å²) in [6.45, 7) is 0. The molecule has 0 aromatic heterocycles. The Bertz CT molecular complexity index is 451. The van der Waals surface area contributed by atoms with E-state index in [1.807, 2.05) is 0 Å². The van der Waals surface area contributed by atoms with Gasteiger partial charge in [-0.05, 0) is 24.5 Å². The van der Waals surface area contributed by atoms with Gasteiger partial charge in [0.1, 0.15) is 0 Å². The highest BCUT2D eigenvalue weighted by Gasteiger charge is 2.35. The van der Waals surface area contributed by atoms with E-state index in [0.29, 0.717) is 30.4 Å². The Kier molecular flexibility index (Phi) is 2.70. The van der Waals surface area contributed by atoms with E-state index < -0.39 is 11.7 Å². The van der Waals surface area contributed by atoms with Crippen LogP contribution in [-0.4, -0.2) is 5.78 Å². The fourth-order valence-corrected chi connectivity index (χ4v) is 2.27. The summed E-state index contributed by atoms with van der Waals surface area (Å²) in [5.41, 5.74) is -0.181. The normalized spacial score (nSPS) is 16.1. The van der Waals surface area contributed by atoms with Gasteiger partial charge in [-0.15, -0.1) is 0 Å². The highest BCUT2D eigenvalue weighted by Crippen LogP contribution is 2.39. The standard InChI is InChI=1S/C11H8ClF3O/c12-10-7-2-1-3-9(16)6(7)4-5-8(10)11(13,14)15/h4-5H,1-3H2. The van der Waals surface area contributed by atoms with E-state index in [4.69, 9.17) is 11.6 Å². The maximum atomic E-state index is 12.5. The van der Waals surface area contributed by atoms with Crippen LogP contribution < -0.4 is 0 Å². The van der Waals surface area contributed by atoms with Gasteiger partial charge in [0.2, 0.25) is 0 Å². The Balaban J connectivity index is 2.60. The molecule has 0 unspecified atom stereocenters. The van der Waals surface area contributed by atoms with Crippen molar-refractivity contribution < 1.29 is 18.0 Å². The monoisotopic (exact) mass is 248 g/mol. The lowest BCUT2D eigenvalue weighted by Gasteiger charge is -2.19. The number of alkyl halides is 3. The van der Waals surface area contributed by atoms with Crippen molar-refractivity contribution in [2.45, 2.75) is 25.4 Å². The third-order valence-corrected chi connectivity index (χ3v) is 3.11. The molecule has 16 heavy (non-hydrogen) atoms. The first-order chi connectivity index (χ1) is 7.41. The van der Waals surface area contributed by atoms with Crippen molar-refractivity contribution in [3.63, 3.8) is 0 Å². The van der Waals surface area contributed by atoms with Crippen LogP contribution in [0.15, 0.2) is 12.1 Å². The third-order valence-electron chi connectivity index (χ3n) is 2.68. The van der Waals surface area contributed by atoms with Crippen LogP contribution in [0.5, 0.6) is 0 Å². The summed E-state index contributed by atoms with van der Waals surface area (Å²) in [4.78, 5) is 11.5. The molecule has 0 heterocycles. The second-order valence-corrected chi connectivity index (χ2v) is 4.11. The Morgan fingerprint density at radius 1 is 1.19 bits per heavy atom. The van der Waals surface area contributed by atoms with Crippen molar-refractivity contribution in [1.82, 2.24) is 0 Å². The molecule has 0 spiro atoms. The third kappa shape index (κ3) is 1.82. The molecule has 86 valence electrons. The molecule has 1 aromatic carbocycles. The zero-order valence-electron chi connectivity index (χ0n) is 8.20. The van der Waals surface area contributed by atoms with Crippen molar-refractivity contribution in [2.75, 3.05) is 0 Å². The van der Waals surface area contributed by atoms with Crippen LogP contribution in [0.4, 0.5) is 13.2 Å². The molecule has 0 aliphatic heterocycles. The van der Waals surface area contributed by atoms with Crippen LogP contribution in [-0.2, 0) is 12.6 Å². The molecule has 0 radical (unpaired) electrons. The summed E-state index contributed by atoms with van der Waals surface area (Å²) in [6, 6.07) is 2.11. The number of carbonyl (C=O) groups is 1. The van der Waals surface area contributed by atoms with Gasteiger partial charge in [0.05, 0.1) is 10.6 Å². The van der Waals surface area contributed by atoms with Crippen LogP contribution in [0.3, 0.4) is 0 Å². The van der Waals surface area contributed by atoms with E-state index in [0.717, 1.165) is 6.07 Å². The molecule has 2 rings (SSSR count). The lowest BCUT2D eigenvalue weighted by molar-refractivity contribution is -0.137. The van der Waals surface area contributed by atoms with E-state index in [1.165, 1.54) is 6.07 Å². The fourth-order valence-electron chi connectivity index (χ4n) is 1.91. The van der Waals surface area contributed by atoms with Gasteiger partial charge in [-0.25, -0.2) is 0 Å². The molecule has 0 saturated carbocycles. The van der Waals surface area contributed by atoms with Gasteiger partial charge in [0.25, 0.3) is 0 Å². The van der Waals surface area contributed by atoms with Gasteiger partial charge in [0, 0.05) is 12.0 Å². The molecule has 0 bridgehead atoms. The molecule has 0 saturated heterocycles. The number of carbonyl (C=O) groups excluding carboxylic acids is 1. The minimum absolute atomic E-state index is 0.128. The first-order valence-electron chi connectivity index (χ1n) is 4.83. The minimum Gasteiger partial charge on any atom is -0.294 e. The average molecular weight is 249 g/mol. The van der Waals surface area contributed by atoms with Crippen molar-refractivity contribution >= 4 is 17.4 Å². The number of halogens is 4. The Hall–Kier alpha value is -1.03. The molecule has 0 atom stereocenters. The Labute approximate surface area is 95.2 Å². The fraction of sp³-hybridized carbons (Fsp3) is 0.364. The topological polar surface area (TPSA) is 17.1 Å². The molecule has 0 fully saturated rings. The SMILES string of the molecule is O=C1CCCc2c1ccc(C(F)(F)F)c2Cl. The zero-order chi connectivity index (χ0) is 11.9. The van der Waals surface area contributed by atoms with E-state index in [1.54, 1.807) is 0 Å². The van der Waals surface area contributed by atoms with Crippen LogP contribution in [0, 0.1) is 0 Å². The Morgan fingerprint density at radius 3 is 2.50 bits per heavy atom. The van der Waals surface area contributed by atoms with Crippen molar-refractivity contribution in [3.05, 3.63) is 33.8 Å². The van der Waals surface area contributed by atoms with Gasteiger partial charge < -0.3 is 0 Å². The van der Waals surface area contributed by atoms with Crippen molar-refractivity contribution in [3.8, 4) is 0 Å². The highest BCUT2D eigenvalue weighted by molar-refractivity contribution is 6.32. The number of ketones is 1. The van der Waals surface area contributed by atoms with E-state index in [9.17, 15) is 18.0 Å². The van der Waals surface area contributed by atoms with Crippen LogP contribution in [0.2, 0.25) is 5.02 Å². The molecule has 0 N–H and O–H groups in total. The quantitative estimate of drug-likeness (QED) is 0.681. The summed E-state index contributed by atoms with van der Waals surface area (Å²) in [5, 5.41) is -0.321. The number of fused-ring (bicyclic) bond motifs is 1. The van der Waals surface area contributed by atoms with Gasteiger partial charge in [-0.2, -0.15) is 13.2 Å².